The van der Waals surface area contributed by atoms with Gasteiger partial charge in [-0.25, -0.2) is 9.78 Å². The minimum atomic E-state index is -1.50. The summed E-state index contributed by atoms with van der Waals surface area (Å²) in [6.07, 6.45) is 0. The van der Waals surface area contributed by atoms with E-state index in [-0.39, 0.29) is 21.0 Å². The summed E-state index contributed by atoms with van der Waals surface area (Å²) in [5.74, 6) is -2.65. The molecule has 0 spiro atoms. The number of carbonyl (C=O) groups excluding carboxylic acids is 2. The third-order valence-electron chi connectivity index (χ3n) is 6.36. The zero-order valence-electron chi connectivity index (χ0n) is 22.8. The number of aromatic carboxylic acids is 1. The second kappa shape index (κ2) is 14.8. The summed E-state index contributed by atoms with van der Waals surface area (Å²) < 4.78 is 0. The first-order valence-electron chi connectivity index (χ1n) is 12.9. The summed E-state index contributed by atoms with van der Waals surface area (Å²) in [4.78, 5) is 43.8. The van der Waals surface area contributed by atoms with Gasteiger partial charge < -0.3 is 15.7 Å². The number of thioether (sulfide) groups is 1. The third kappa shape index (κ3) is 7.59. The van der Waals surface area contributed by atoms with Crippen molar-refractivity contribution < 1.29 is 19.5 Å². The number of benzene rings is 4. The van der Waals surface area contributed by atoms with Crippen molar-refractivity contribution in [3.63, 3.8) is 0 Å². The number of amides is 2. The van der Waals surface area contributed by atoms with E-state index in [2.05, 4.69) is 15.6 Å². The van der Waals surface area contributed by atoms with Gasteiger partial charge in [0.15, 0.2) is 5.13 Å². The minimum Gasteiger partial charge on any atom is -0.478 e. The molecule has 0 aliphatic carbocycles. The highest BCUT2D eigenvalue weighted by Crippen LogP contribution is 2.42. The lowest BCUT2D eigenvalue weighted by Crippen LogP contribution is -2.19. The van der Waals surface area contributed by atoms with Crippen molar-refractivity contribution in [2.45, 2.75) is 10.1 Å². The standard InChI is InChI=1S/C31H17Cl6N3O4S2/c32-18-11-6-15(12-19(18)33)20-13-45-31(39-20)40-29(42)27(14-4-2-1-3-5-14)46-17-9-7-16(8-10-17)38-28(41)21-22(30(43)44)24(35)26(37)25(36)23(21)34/h1-13,27H,(H,38,41)(H,43,44)(H,39,40,42). The molecule has 0 fully saturated rings. The van der Waals surface area contributed by atoms with Crippen molar-refractivity contribution in [1.29, 1.82) is 0 Å². The van der Waals surface area contributed by atoms with Crippen LogP contribution in [0, 0.1) is 0 Å². The third-order valence-corrected chi connectivity index (χ3v) is 10.9. The van der Waals surface area contributed by atoms with Gasteiger partial charge in [0.05, 0.1) is 47.0 Å². The molecule has 1 atom stereocenters. The molecular weight excluding hydrogens is 755 g/mol. The number of carbonyl (C=O) groups is 3. The molecule has 0 aliphatic heterocycles. The molecule has 1 heterocycles. The summed E-state index contributed by atoms with van der Waals surface area (Å²) in [5, 5.41) is 16.3. The van der Waals surface area contributed by atoms with E-state index in [0.717, 1.165) is 11.1 Å². The first-order chi connectivity index (χ1) is 21.9. The fraction of sp³-hybridized carbons (Fsp3) is 0.0323. The first kappa shape index (κ1) is 34.3. The molecule has 46 heavy (non-hydrogen) atoms. The molecule has 5 rings (SSSR count). The number of carboxylic acid groups (broad SMARTS) is 1. The van der Waals surface area contributed by atoms with E-state index in [1.54, 1.807) is 42.5 Å². The monoisotopic (exact) mass is 769 g/mol. The quantitative estimate of drug-likeness (QED) is 0.0782. The Hall–Kier alpha value is -2.99. The van der Waals surface area contributed by atoms with Gasteiger partial charge in [0.25, 0.3) is 5.91 Å². The molecule has 0 saturated heterocycles. The number of halogens is 6. The van der Waals surface area contributed by atoms with Crippen LogP contribution in [-0.2, 0) is 4.79 Å². The van der Waals surface area contributed by atoms with E-state index >= 15 is 0 Å². The summed E-state index contributed by atoms with van der Waals surface area (Å²) >= 11 is 39.1. The Balaban J connectivity index is 1.34. The van der Waals surface area contributed by atoms with Crippen molar-refractivity contribution in [2.24, 2.45) is 0 Å². The van der Waals surface area contributed by atoms with E-state index in [9.17, 15) is 19.5 Å². The zero-order valence-corrected chi connectivity index (χ0v) is 29.0. The Bertz CT molecular complexity index is 1970. The van der Waals surface area contributed by atoms with Crippen LogP contribution < -0.4 is 10.6 Å². The lowest BCUT2D eigenvalue weighted by atomic mass is 10.1. The molecule has 1 aromatic heterocycles. The van der Waals surface area contributed by atoms with E-state index < -0.39 is 33.3 Å². The number of thiazole rings is 1. The first-order valence-corrected chi connectivity index (χ1v) is 16.9. The largest absolute Gasteiger partial charge is 0.478 e. The van der Waals surface area contributed by atoms with Gasteiger partial charge >= 0.3 is 5.97 Å². The average Bonchev–Trinajstić information content (AvgIpc) is 3.51. The van der Waals surface area contributed by atoms with Crippen LogP contribution in [0.15, 0.2) is 83.1 Å². The van der Waals surface area contributed by atoms with Gasteiger partial charge in [-0.3, -0.25) is 9.59 Å². The summed E-state index contributed by atoms with van der Waals surface area (Å²) in [6, 6.07) is 21.0. The average molecular weight is 772 g/mol. The number of hydrogen-bond donors (Lipinski definition) is 3. The van der Waals surface area contributed by atoms with Gasteiger partial charge in [-0.2, -0.15) is 0 Å². The topological polar surface area (TPSA) is 108 Å². The van der Waals surface area contributed by atoms with Crippen molar-refractivity contribution in [3.05, 3.63) is 125 Å². The van der Waals surface area contributed by atoms with Crippen LogP contribution in [0.3, 0.4) is 0 Å². The SMILES string of the molecule is O=C(O)c1c(Cl)c(Cl)c(Cl)c(Cl)c1C(=O)Nc1ccc(SC(C(=O)Nc2nc(-c3ccc(Cl)c(Cl)c3)cs2)c2ccccc2)cc1. The minimum absolute atomic E-state index is 0.246. The fourth-order valence-electron chi connectivity index (χ4n) is 4.18. The maximum Gasteiger partial charge on any atom is 0.338 e. The molecule has 5 aromatic rings. The smallest absolute Gasteiger partial charge is 0.338 e. The van der Waals surface area contributed by atoms with E-state index in [1.165, 1.54) is 23.1 Å². The van der Waals surface area contributed by atoms with Gasteiger partial charge in [-0.15, -0.1) is 23.1 Å². The van der Waals surface area contributed by atoms with Crippen molar-refractivity contribution in [3.8, 4) is 11.3 Å². The van der Waals surface area contributed by atoms with Crippen molar-refractivity contribution in [2.75, 3.05) is 10.6 Å². The molecule has 0 bridgehead atoms. The number of rotatable bonds is 9. The van der Waals surface area contributed by atoms with Crippen LogP contribution in [0.2, 0.25) is 30.1 Å². The number of hydrogen-bond acceptors (Lipinski definition) is 6. The number of aromatic nitrogens is 1. The molecule has 15 heteroatoms. The Kier molecular flexibility index (Phi) is 11.1. The summed E-state index contributed by atoms with van der Waals surface area (Å²) in [7, 11) is 0. The van der Waals surface area contributed by atoms with E-state index in [1.807, 2.05) is 35.7 Å². The van der Waals surface area contributed by atoms with Crippen LogP contribution in [0.5, 0.6) is 0 Å². The van der Waals surface area contributed by atoms with Crippen LogP contribution >= 0.6 is 92.7 Å². The Labute approximate surface area is 300 Å². The highest BCUT2D eigenvalue weighted by Gasteiger charge is 2.29. The second-order valence-electron chi connectivity index (χ2n) is 9.35. The van der Waals surface area contributed by atoms with Gasteiger partial charge in [0.2, 0.25) is 5.91 Å². The normalized spacial score (nSPS) is 11.6. The van der Waals surface area contributed by atoms with E-state index in [4.69, 9.17) is 69.6 Å². The molecule has 3 N–H and O–H groups in total. The molecule has 4 aromatic carbocycles. The Morgan fingerprint density at radius 2 is 1.41 bits per heavy atom. The Morgan fingerprint density at radius 1 is 0.761 bits per heavy atom. The summed E-state index contributed by atoms with van der Waals surface area (Å²) in [6.45, 7) is 0. The maximum atomic E-state index is 13.6. The molecule has 1 unspecified atom stereocenters. The van der Waals surface area contributed by atoms with Crippen molar-refractivity contribution >= 4 is 121 Å². The molecule has 2 amide bonds. The van der Waals surface area contributed by atoms with Crippen molar-refractivity contribution in [1.82, 2.24) is 4.98 Å². The molecule has 234 valence electrons. The van der Waals surface area contributed by atoms with Crippen LogP contribution in [0.25, 0.3) is 11.3 Å². The maximum absolute atomic E-state index is 13.6. The van der Waals surface area contributed by atoms with Crippen LogP contribution in [0.4, 0.5) is 10.8 Å². The van der Waals surface area contributed by atoms with Gasteiger partial charge in [-0.05, 0) is 42.0 Å². The second-order valence-corrected chi connectivity index (χ2v) is 13.7. The number of anilines is 2. The predicted octanol–water partition coefficient (Wildman–Crippen LogP) is 11.2. The molecule has 0 radical (unpaired) electrons. The molecule has 7 nitrogen and oxygen atoms in total. The fourth-order valence-corrected chi connectivity index (χ4v) is 7.25. The van der Waals surface area contributed by atoms with E-state index in [0.29, 0.717) is 31.5 Å². The Morgan fingerprint density at radius 3 is 2.04 bits per heavy atom. The number of carboxylic acids is 1. The summed E-state index contributed by atoms with van der Waals surface area (Å²) in [5.41, 5.74) is 1.47. The van der Waals surface area contributed by atoms with Gasteiger partial charge in [0, 0.05) is 21.5 Å². The van der Waals surface area contributed by atoms with Gasteiger partial charge in [0.1, 0.15) is 5.25 Å². The highest BCUT2D eigenvalue weighted by molar-refractivity contribution is 8.00. The molecule has 0 aliphatic rings. The lowest BCUT2D eigenvalue weighted by molar-refractivity contribution is -0.115. The predicted molar refractivity (Wildman–Crippen MR) is 189 cm³/mol. The van der Waals surface area contributed by atoms with Gasteiger partial charge in [-0.1, -0.05) is 106 Å². The highest BCUT2D eigenvalue weighted by atomic mass is 35.5. The molecular formula is C31H17Cl6N3O4S2. The lowest BCUT2D eigenvalue weighted by Gasteiger charge is -2.17. The number of nitrogens with one attached hydrogen (secondary N) is 2. The molecule has 0 saturated carbocycles. The zero-order chi connectivity index (χ0) is 33.1. The number of nitrogens with zero attached hydrogens (tertiary/aromatic N) is 1. The van der Waals surface area contributed by atoms with Crippen LogP contribution in [0.1, 0.15) is 31.5 Å². The van der Waals surface area contributed by atoms with Crippen LogP contribution in [-0.4, -0.2) is 27.9 Å².